The number of aryl methyl sites for hydroxylation is 2. The summed E-state index contributed by atoms with van der Waals surface area (Å²) in [5.41, 5.74) is 6.70. The van der Waals surface area contributed by atoms with E-state index < -0.39 is 5.75 Å². The van der Waals surface area contributed by atoms with Gasteiger partial charge in [0.05, 0.1) is 0 Å². The van der Waals surface area contributed by atoms with Crippen LogP contribution in [0.5, 0.6) is 17.2 Å². The summed E-state index contributed by atoms with van der Waals surface area (Å²) in [7, 11) is 0. The van der Waals surface area contributed by atoms with Crippen molar-refractivity contribution in [1.29, 1.82) is 0 Å². The molecule has 0 saturated heterocycles. The van der Waals surface area contributed by atoms with Crippen molar-refractivity contribution >= 4 is 0 Å². The van der Waals surface area contributed by atoms with Gasteiger partial charge in [0.15, 0.2) is 17.2 Å². The number of phenols is 3. The number of hydrogen-bond donors (Lipinski definition) is 3. The van der Waals surface area contributed by atoms with E-state index in [0.717, 1.165) is 0 Å². The number of para-hydroxylation sites is 1. The molecule has 2 aliphatic carbocycles. The van der Waals surface area contributed by atoms with Crippen molar-refractivity contribution < 1.29 is 15.3 Å². The van der Waals surface area contributed by atoms with E-state index in [1.165, 1.54) is 43.9 Å². The normalized spacial score (nSPS) is 15.8. The summed E-state index contributed by atoms with van der Waals surface area (Å²) < 4.78 is 0. The first-order valence-corrected chi connectivity index (χ1v) is 8.98. The average Bonchev–Trinajstić information content (AvgIpc) is 3.24. The third kappa shape index (κ3) is 2.60. The highest BCUT2D eigenvalue weighted by Crippen LogP contribution is 2.51. The van der Waals surface area contributed by atoms with Gasteiger partial charge < -0.3 is 15.3 Å². The molecule has 132 valence electrons. The summed E-state index contributed by atoms with van der Waals surface area (Å²) in [5.74, 6) is -1.09. The molecule has 3 aromatic rings. The van der Waals surface area contributed by atoms with Crippen LogP contribution >= 0.6 is 0 Å². The van der Waals surface area contributed by atoms with Crippen LogP contribution in [0, 0.1) is 0 Å². The van der Waals surface area contributed by atoms with Crippen LogP contribution in [0.3, 0.4) is 0 Å². The standard InChI is InChI=1S/C17H16.C6H6O3/c1-3-7-15-13(5-1)9-11-17(15)12-10-14-6-2-4-8-16(14)17;7-4-2-1-3-5(8)6(4)9/h1-8H,9-12H2;1-3,7-9H. The largest absolute Gasteiger partial charge is 0.504 e. The Kier molecular flexibility index (Phi) is 4.08. The Morgan fingerprint density at radius 1 is 0.577 bits per heavy atom. The SMILES string of the molecule is Oc1cccc(O)c1O.c1ccc2c(c1)CCC21CCc2ccccc21. The van der Waals surface area contributed by atoms with Gasteiger partial charge in [0.25, 0.3) is 0 Å². The van der Waals surface area contributed by atoms with E-state index >= 15 is 0 Å². The van der Waals surface area contributed by atoms with E-state index in [1.807, 2.05) is 0 Å². The molecule has 2 aliphatic rings. The predicted octanol–water partition coefficient (Wildman–Crippen LogP) is 4.67. The molecule has 0 radical (unpaired) electrons. The van der Waals surface area contributed by atoms with Gasteiger partial charge in [0.2, 0.25) is 0 Å². The molecule has 0 heterocycles. The minimum absolute atomic E-state index is 0.310. The molecule has 0 unspecified atom stereocenters. The molecule has 0 atom stereocenters. The number of benzene rings is 3. The van der Waals surface area contributed by atoms with Crippen LogP contribution in [-0.4, -0.2) is 15.3 Å². The van der Waals surface area contributed by atoms with Crippen molar-refractivity contribution in [1.82, 2.24) is 0 Å². The molecule has 3 heteroatoms. The first-order valence-electron chi connectivity index (χ1n) is 8.98. The predicted molar refractivity (Wildman–Crippen MR) is 102 cm³/mol. The molecule has 0 amide bonds. The number of hydrogen-bond acceptors (Lipinski definition) is 3. The van der Waals surface area contributed by atoms with Crippen LogP contribution < -0.4 is 0 Å². The van der Waals surface area contributed by atoms with E-state index in [0.29, 0.717) is 5.41 Å². The maximum absolute atomic E-state index is 8.71. The van der Waals surface area contributed by atoms with Gasteiger partial charge >= 0.3 is 0 Å². The van der Waals surface area contributed by atoms with Gasteiger partial charge in [0, 0.05) is 5.41 Å². The minimum Gasteiger partial charge on any atom is -0.504 e. The molecule has 3 aromatic carbocycles. The monoisotopic (exact) mass is 346 g/mol. The molecule has 26 heavy (non-hydrogen) atoms. The quantitative estimate of drug-likeness (QED) is 0.519. The van der Waals surface area contributed by atoms with Crippen LogP contribution in [0.1, 0.15) is 35.1 Å². The zero-order valence-electron chi connectivity index (χ0n) is 14.5. The Morgan fingerprint density at radius 2 is 1.04 bits per heavy atom. The number of aromatic hydroxyl groups is 3. The van der Waals surface area contributed by atoms with Crippen LogP contribution in [-0.2, 0) is 18.3 Å². The molecule has 0 saturated carbocycles. The smallest absolute Gasteiger partial charge is 0.200 e. The molecule has 0 fully saturated rings. The molecule has 0 bridgehead atoms. The average molecular weight is 346 g/mol. The Hall–Kier alpha value is -2.94. The summed E-state index contributed by atoms with van der Waals surface area (Å²) in [6.45, 7) is 0. The lowest BCUT2D eigenvalue weighted by atomic mass is 9.77. The number of fused-ring (bicyclic) bond motifs is 4. The van der Waals surface area contributed by atoms with E-state index in [-0.39, 0.29) is 11.5 Å². The summed E-state index contributed by atoms with van der Waals surface area (Å²) >= 11 is 0. The first-order chi connectivity index (χ1) is 12.6. The lowest BCUT2D eigenvalue weighted by Crippen LogP contribution is -2.20. The van der Waals surface area contributed by atoms with Gasteiger partial charge in [-0.25, -0.2) is 0 Å². The Bertz CT molecular complexity index is 872. The molecule has 0 aromatic heterocycles. The van der Waals surface area contributed by atoms with Crippen LogP contribution in [0.25, 0.3) is 0 Å². The molecular weight excluding hydrogens is 324 g/mol. The topological polar surface area (TPSA) is 60.7 Å². The van der Waals surface area contributed by atoms with E-state index in [2.05, 4.69) is 48.5 Å². The van der Waals surface area contributed by atoms with Crippen molar-refractivity contribution in [3.8, 4) is 17.2 Å². The summed E-state index contributed by atoms with van der Waals surface area (Å²) in [6, 6.07) is 22.1. The fraction of sp³-hybridized carbons (Fsp3) is 0.217. The summed E-state index contributed by atoms with van der Waals surface area (Å²) in [6.07, 6.45) is 5.13. The van der Waals surface area contributed by atoms with Crippen LogP contribution in [0.4, 0.5) is 0 Å². The lowest BCUT2D eigenvalue weighted by Gasteiger charge is -2.26. The van der Waals surface area contributed by atoms with Gasteiger partial charge in [-0.2, -0.15) is 0 Å². The van der Waals surface area contributed by atoms with Crippen molar-refractivity contribution in [2.24, 2.45) is 0 Å². The third-order valence-corrected chi connectivity index (χ3v) is 5.70. The van der Waals surface area contributed by atoms with E-state index in [4.69, 9.17) is 15.3 Å². The second-order valence-electron chi connectivity index (χ2n) is 7.04. The summed E-state index contributed by atoms with van der Waals surface area (Å²) in [5, 5.41) is 26.1. The highest BCUT2D eigenvalue weighted by atomic mass is 16.3. The Labute approximate surface area is 153 Å². The lowest BCUT2D eigenvalue weighted by molar-refractivity contribution is 0.368. The number of rotatable bonds is 0. The van der Waals surface area contributed by atoms with Gasteiger partial charge in [-0.1, -0.05) is 54.6 Å². The second-order valence-corrected chi connectivity index (χ2v) is 7.04. The van der Waals surface area contributed by atoms with Gasteiger partial charge in [-0.05, 0) is 60.1 Å². The van der Waals surface area contributed by atoms with E-state index in [1.54, 1.807) is 22.3 Å². The Morgan fingerprint density at radius 3 is 1.50 bits per heavy atom. The summed E-state index contributed by atoms with van der Waals surface area (Å²) in [4.78, 5) is 0. The molecule has 3 nitrogen and oxygen atoms in total. The molecule has 5 rings (SSSR count). The first kappa shape index (κ1) is 16.5. The zero-order valence-corrected chi connectivity index (χ0v) is 14.5. The fourth-order valence-electron chi connectivity index (χ4n) is 4.43. The molecular formula is C23H22O3. The molecule has 1 spiro atoms. The van der Waals surface area contributed by atoms with Crippen molar-refractivity contribution in [3.63, 3.8) is 0 Å². The molecule has 3 N–H and O–H groups in total. The second kappa shape index (κ2) is 6.41. The van der Waals surface area contributed by atoms with Gasteiger partial charge in [-0.15, -0.1) is 0 Å². The highest BCUT2D eigenvalue weighted by Gasteiger charge is 2.43. The number of phenolic OH excluding ortho intramolecular Hbond substituents is 3. The maximum atomic E-state index is 8.71. The van der Waals surface area contributed by atoms with Crippen molar-refractivity contribution in [3.05, 3.63) is 89.0 Å². The van der Waals surface area contributed by atoms with Crippen molar-refractivity contribution in [2.75, 3.05) is 0 Å². The van der Waals surface area contributed by atoms with Gasteiger partial charge in [-0.3, -0.25) is 0 Å². The van der Waals surface area contributed by atoms with E-state index in [9.17, 15) is 0 Å². The third-order valence-electron chi connectivity index (χ3n) is 5.70. The van der Waals surface area contributed by atoms with Crippen LogP contribution in [0.15, 0.2) is 66.7 Å². The molecule has 0 aliphatic heterocycles. The Balaban J connectivity index is 0.000000160. The minimum atomic E-state index is -0.475. The van der Waals surface area contributed by atoms with Crippen LogP contribution in [0.2, 0.25) is 0 Å². The van der Waals surface area contributed by atoms with Crippen molar-refractivity contribution in [2.45, 2.75) is 31.1 Å². The maximum Gasteiger partial charge on any atom is 0.200 e. The fourth-order valence-corrected chi connectivity index (χ4v) is 4.43. The highest BCUT2D eigenvalue weighted by molar-refractivity contribution is 5.53. The van der Waals surface area contributed by atoms with Gasteiger partial charge in [0.1, 0.15) is 0 Å². The zero-order chi connectivity index (χ0) is 18.1.